The summed E-state index contributed by atoms with van der Waals surface area (Å²) in [5.74, 6) is 0.648. The first kappa shape index (κ1) is 16.6. The maximum Gasteiger partial charge on any atom is 0.163 e. The van der Waals surface area contributed by atoms with Crippen molar-refractivity contribution in [3.8, 4) is 22.6 Å². The Hall–Kier alpha value is -3.58. The lowest BCUT2D eigenvalue weighted by molar-refractivity contribution is 0.185. The largest absolute Gasteiger partial charge is 0.380 e. The Morgan fingerprint density at radius 2 is 1.93 bits per heavy atom. The lowest BCUT2D eigenvalue weighted by atomic mass is 10.1. The molecule has 0 aliphatic carbocycles. The van der Waals surface area contributed by atoms with Crippen molar-refractivity contribution in [1.29, 1.82) is 0 Å². The minimum atomic E-state index is 0.552. The van der Waals surface area contributed by atoms with Crippen molar-refractivity contribution in [1.82, 2.24) is 29.9 Å². The molecule has 28 heavy (non-hydrogen) atoms. The van der Waals surface area contributed by atoms with Gasteiger partial charge in [0.25, 0.3) is 0 Å². The summed E-state index contributed by atoms with van der Waals surface area (Å²) in [6, 6.07) is 14.2. The smallest absolute Gasteiger partial charge is 0.163 e. The van der Waals surface area contributed by atoms with Gasteiger partial charge in [-0.25, -0.2) is 9.97 Å². The maximum absolute atomic E-state index is 5.28. The molecule has 2 aromatic carbocycles. The van der Waals surface area contributed by atoms with Gasteiger partial charge in [0.2, 0.25) is 0 Å². The fraction of sp³-hybridized carbons (Fsp3) is 0.143. The van der Waals surface area contributed by atoms with Crippen LogP contribution in [0.2, 0.25) is 0 Å². The van der Waals surface area contributed by atoms with Crippen LogP contribution in [0.5, 0.6) is 0 Å². The molecular formula is C21H18N6O. The Kier molecular flexibility index (Phi) is 3.87. The van der Waals surface area contributed by atoms with E-state index < -0.39 is 0 Å². The number of nitrogens with one attached hydrogen (secondary N) is 1. The molecule has 0 amide bonds. The number of methoxy groups -OCH3 is 1. The van der Waals surface area contributed by atoms with Gasteiger partial charge < -0.3 is 4.74 Å². The number of benzene rings is 2. The number of aromatic amines is 1. The second kappa shape index (κ2) is 6.54. The van der Waals surface area contributed by atoms with Gasteiger partial charge in [-0.3, -0.25) is 9.78 Å². The summed E-state index contributed by atoms with van der Waals surface area (Å²) in [4.78, 5) is 9.74. The summed E-state index contributed by atoms with van der Waals surface area (Å²) < 4.78 is 7.06. The van der Waals surface area contributed by atoms with Crippen molar-refractivity contribution in [2.75, 3.05) is 7.11 Å². The highest BCUT2D eigenvalue weighted by molar-refractivity contribution is 5.96. The highest BCUT2D eigenvalue weighted by atomic mass is 16.5. The van der Waals surface area contributed by atoms with Crippen LogP contribution < -0.4 is 0 Å². The predicted octanol–water partition coefficient (Wildman–Crippen LogP) is 3.72. The zero-order chi connectivity index (χ0) is 19.1. The molecule has 1 N–H and O–H groups in total. The van der Waals surface area contributed by atoms with Crippen molar-refractivity contribution < 1.29 is 4.74 Å². The minimum Gasteiger partial charge on any atom is -0.380 e. The lowest BCUT2D eigenvalue weighted by Crippen LogP contribution is -1.98. The van der Waals surface area contributed by atoms with Crippen LogP contribution in [0, 0.1) is 0 Å². The van der Waals surface area contributed by atoms with E-state index >= 15 is 0 Å². The van der Waals surface area contributed by atoms with E-state index in [0.717, 1.165) is 44.3 Å². The van der Waals surface area contributed by atoms with E-state index in [-0.39, 0.29) is 0 Å². The van der Waals surface area contributed by atoms with Crippen LogP contribution in [0.15, 0.2) is 54.9 Å². The Morgan fingerprint density at radius 3 is 2.82 bits per heavy atom. The molecule has 7 heteroatoms. The number of nitrogens with zero attached hydrogens (tertiary/aromatic N) is 5. The van der Waals surface area contributed by atoms with Gasteiger partial charge in [-0.1, -0.05) is 30.3 Å². The third-order valence-electron chi connectivity index (χ3n) is 4.83. The first-order chi connectivity index (χ1) is 13.7. The van der Waals surface area contributed by atoms with Crippen LogP contribution in [0.3, 0.4) is 0 Å². The maximum atomic E-state index is 5.28. The number of aryl methyl sites for hydroxylation is 1. The zero-order valence-corrected chi connectivity index (χ0v) is 15.5. The molecule has 0 fully saturated rings. The second-order valence-corrected chi connectivity index (χ2v) is 6.67. The third kappa shape index (κ3) is 2.64. The van der Waals surface area contributed by atoms with E-state index in [0.29, 0.717) is 12.4 Å². The van der Waals surface area contributed by atoms with Gasteiger partial charge in [-0.2, -0.15) is 10.2 Å². The Morgan fingerprint density at radius 1 is 1.04 bits per heavy atom. The van der Waals surface area contributed by atoms with Gasteiger partial charge in [-0.05, 0) is 17.7 Å². The molecule has 0 atom stereocenters. The number of H-pyrrole nitrogens is 1. The highest BCUT2D eigenvalue weighted by Crippen LogP contribution is 2.31. The van der Waals surface area contributed by atoms with Crippen molar-refractivity contribution >= 4 is 21.9 Å². The molecule has 138 valence electrons. The molecular weight excluding hydrogens is 352 g/mol. The average Bonchev–Trinajstić information content (AvgIpc) is 3.34. The van der Waals surface area contributed by atoms with Gasteiger partial charge in [-0.15, -0.1) is 0 Å². The van der Waals surface area contributed by atoms with Crippen LogP contribution in [0.4, 0.5) is 0 Å². The lowest BCUT2D eigenvalue weighted by Gasteiger charge is -2.09. The number of fused-ring (bicyclic) bond motifs is 2. The number of hydrogen-bond donors (Lipinski definition) is 1. The fourth-order valence-electron chi connectivity index (χ4n) is 3.50. The Balaban J connectivity index is 1.78. The van der Waals surface area contributed by atoms with E-state index in [1.54, 1.807) is 18.0 Å². The van der Waals surface area contributed by atoms with Crippen LogP contribution >= 0.6 is 0 Å². The molecule has 0 bridgehead atoms. The van der Waals surface area contributed by atoms with Crippen molar-refractivity contribution in [2.24, 2.45) is 7.05 Å². The molecule has 7 nitrogen and oxygen atoms in total. The summed E-state index contributed by atoms with van der Waals surface area (Å²) in [5, 5.41) is 13.5. The van der Waals surface area contributed by atoms with Crippen LogP contribution in [-0.4, -0.2) is 37.1 Å². The fourth-order valence-corrected chi connectivity index (χ4v) is 3.50. The van der Waals surface area contributed by atoms with E-state index in [1.807, 2.05) is 43.6 Å². The summed E-state index contributed by atoms with van der Waals surface area (Å²) in [7, 11) is 3.59. The first-order valence-electron chi connectivity index (χ1n) is 8.95. The molecule has 0 aliphatic rings. The van der Waals surface area contributed by atoms with Crippen LogP contribution in [0.25, 0.3) is 44.6 Å². The highest BCUT2D eigenvalue weighted by Gasteiger charge is 2.16. The van der Waals surface area contributed by atoms with E-state index in [1.165, 1.54) is 0 Å². The third-order valence-corrected chi connectivity index (χ3v) is 4.83. The number of ether oxygens (including phenoxy) is 1. The normalized spacial score (nSPS) is 11.5. The standard InChI is InChI=1S/C21H18N6O/c1-27-21-17(11-23-27)19(14-6-3-5-13(9-14)12-28-2)24-20(25-21)15-7-4-8-18-16(15)10-22-26-18/h3-11H,12H2,1-2H3,(H,22,26). The molecule has 0 spiro atoms. The molecule has 5 rings (SSSR count). The van der Waals surface area contributed by atoms with Crippen molar-refractivity contribution in [2.45, 2.75) is 6.61 Å². The van der Waals surface area contributed by atoms with Crippen molar-refractivity contribution in [3.63, 3.8) is 0 Å². The molecule has 0 radical (unpaired) electrons. The predicted molar refractivity (Wildman–Crippen MR) is 108 cm³/mol. The zero-order valence-electron chi connectivity index (χ0n) is 15.5. The molecule has 3 aromatic heterocycles. The topological polar surface area (TPSA) is 81.5 Å². The van der Waals surface area contributed by atoms with Gasteiger partial charge in [0.1, 0.15) is 0 Å². The monoisotopic (exact) mass is 370 g/mol. The van der Waals surface area contributed by atoms with Gasteiger partial charge >= 0.3 is 0 Å². The molecule has 0 saturated carbocycles. The van der Waals surface area contributed by atoms with E-state index in [4.69, 9.17) is 14.7 Å². The van der Waals surface area contributed by atoms with Crippen molar-refractivity contribution in [3.05, 3.63) is 60.4 Å². The molecule has 5 aromatic rings. The first-order valence-corrected chi connectivity index (χ1v) is 8.95. The van der Waals surface area contributed by atoms with E-state index in [9.17, 15) is 0 Å². The van der Waals surface area contributed by atoms with Gasteiger partial charge in [0.05, 0.1) is 35.6 Å². The van der Waals surface area contributed by atoms with Gasteiger partial charge in [0.15, 0.2) is 11.5 Å². The minimum absolute atomic E-state index is 0.552. The van der Waals surface area contributed by atoms with Gasteiger partial charge in [0, 0.05) is 30.7 Å². The Bertz CT molecular complexity index is 1300. The molecule has 0 aliphatic heterocycles. The number of rotatable bonds is 4. The average molecular weight is 370 g/mol. The quantitative estimate of drug-likeness (QED) is 0.521. The summed E-state index contributed by atoms with van der Waals surface area (Å²) in [6.07, 6.45) is 3.62. The summed E-state index contributed by atoms with van der Waals surface area (Å²) >= 11 is 0. The molecule has 0 saturated heterocycles. The van der Waals surface area contributed by atoms with Crippen LogP contribution in [0.1, 0.15) is 5.56 Å². The number of aromatic nitrogens is 6. The second-order valence-electron chi connectivity index (χ2n) is 6.67. The Labute approximate surface area is 161 Å². The molecule has 0 unspecified atom stereocenters. The number of hydrogen-bond acceptors (Lipinski definition) is 5. The SMILES string of the molecule is COCc1cccc(-c2nc(-c3cccc4[nH]ncc34)nc3c2cnn3C)c1. The summed E-state index contributed by atoms with van der Waals surface area (Å²) in [5.41, 5.74) is 5.63. The van der Waals surface area contributed by atoms with E-state index in [2.05, 4.69) is 27.4 Å². The summed E-state index contributed by atoms with van der Waals surface area (Å²) in [6.45, 7) is 0.552. The van der Waals surface area contributed by atoms with Crippen LogP contribution in [-0.2, 0) is 18.4 Å². The molecule has 3 heterocycles.